The van der Waals surface area contributed by atoms with Crippen LogP contribution in [0.5, 0.6) is 5.75 Å². The molecule has 2 heterocycles. The Hall–Kier alpha value is -1.85. The highest BCUT2D eigenvalue weighted by atomic mass is 16.5. The zero-order valence-corrected chi connectivity index (χ0v) is 13.0. The number of nitrogens with zero attached hydrogens (tertiary/aromatic N) is 2. The van der Waals surface area contributed by atoms with Gasteiger partial charge >= 0.3 is 0 Å². The Balaban J connectivity index is 1.79. The Morgan fingerprint density at radius 1 is 1.32 bits per heavy atom. The Bertz CT molecular complexity index is 624. The van der Waals surface area contributed by atoms with E-state index in [1.165, 1.54) is 5.69 Å². The van der Waals surface area contributed by atoms with E-state index in [4.69, 9.17) is 9.84 Å². The number of rotatable bonds is 5. The van der Waals surface area contributed by atoms with Crippen molar-refractivity contribution in [3.05, 3.63) is 30.5 Å². The second kappa shape index (κ2) is 6.94. The molecule has 0 radical (unpaired) electrons. The van der Waals surface area contributed by atoms with Gasteiger partial charge < -0.3 is 20.1 Å². The van der Waals surface area contributed by atoms with Crippen LogP contribution in [-0.2, 0) is 0 Å². The van der Waals surface area contributed by atoms with Gasteiger partial charge in [-0.3, -0.25) is 4.98 Å². The SMILES string of the molecule is COc1ccc2nccc(N3CCC(NCCO)CC3)c2c1. The van der Waals surface area contributed by atoms with Crippen LogP contribution in [0.25, 0.3) is 10.9 Å². The second-order valence-corrected chi connectivity index (χ2v) is 5.65. The van der Waals surface area contributed by atoms with Crippen LogP contribution in [0.2, 0.25) is 0 Å². The molecule has 0 saturated carbocycles. The number of aliphatic hydroxyl groups is 1. The summed E-state index contributed by atoms with van der Waals surface area (Å²) in [5.41, 5.74) is 2.23. The Labute approximate surface area is 130 Å². The normalized spacial score (nSPS) is 16.2. The maximum absolute atomic E-state index is 8.90. The van der Waals surface area contributed by atoms with Gasteiger partial charge in [0.25, 0.3) is 0 Å². The first-order valence-corrected chi connectivity index (χ1v) is 7.84. The van der Waals surface area contributed by atoms with Gasteiger partial charge in [-0.25, -0.2) is 0 Å². The number of nitrogens with one attached hydrogen (secondary N) is 1. The molecule has 0 aliphatic carbocycles. The van der Waals surface area contributed by atoms with Crippen LogP contribution in [0.1, 0.15) is 12.8 Å². The number of piperidine rings is 1. The molecule has 5 nitrogen and oxygen atoms in total. The van der Waals surface area contributed by atoms with Crippen molar-refractivity contribution in [3.63, 3.8) is 0 Å². The molecule has 1 aromatic carbocycles. The van der Waals surface area contributed by atoms with Crippen molar-refractivity contribution in [2.24, 2.45) is 0 Å². The third-order valence-corrected chi connectivity index (χ3v) is 4.31. The van der Waals surface area contributed by atoms with Gasteiger partial charge in [0.2, 0.25) is 0 Å². The van der Waals surface area contributed by atoms with Crippen molar-refractivity contribution >= 4 is 16.6 Å². The zero-order chi connectivity index (χ0) is 15.4. The number of aromatic nitrogens is 1. The van der Waals surface area contributed by atoms with Gasteiger partial charge in [0.1, 0.15) is 5.75 Å². The molecule has 1 aliphatic rings. The minimum Gasteiger partial charge on any atom is -0.497 e. The molecule has 0 bridgehead atoms. The molecule has 0 spiro atoms. The van der Waals surface area contributed by atoms with Gasteiger partial charge in [-0.2, -0.15) is 0 Å². The number of anilines is 1. The summed E-state index contributed by atoms with van der Waals surface area (Å²) < 4.78 is 5.35. The van der Waals surface area contributed by atoms with Crippen molar-refractivity contribution in [2.45, 2.75) is 18.9 Å². The third-order valence-electron chi connectivity index (χ3n) is 4.31. The number of ether oxygens (including phenoxy) is 1. The van der Waals surface area contributed by atoms with Gasteiger partial charge in [0.05, 0.1) is 19.2 Å². The Morgan fingerprint density at radius 2 is 2.14 bits per heavy atom. The van der Waals surface area contributed by atoms with Crippen LogP contribution in [0.4, 0.5) is 5.69 Å². The summed E-state index contributed by atoms with van der Waals surface area (Å²) in [6.45, 7) is 2.91. The van der Waals surface area contributed by atoms with Gasteiger partial charge in [-0.15, -0.1) is 0 Å². The molecule has 3 rings (SSSR count). The van der Waals surface area contributed by atoms with Crippen molar-refractivity contribution < 1.29 is 9.84 Å². The highest BCUT2D eigenvalue weighted by Crippen LogP contribution is 2.30. The van der Waals surface area contributed by atoms with Crippen LogP contribution in [-0.4, -0.2) is 49.5 Å². The maximum Gasteiger partial charge on any atom is 0.119 e. The number of hydrogen-bond acceptors (Lipinski definition) is 5. The monoisotopic (exact) mass is 301 g/mol. The number of benzene rings is 1. The van der Waals surface area contributed by atoms with E-state index in [9.17, 15) is 0 Å². The second-order valence-electron chi connectivity index (χ2n) is 5.65. The first-order valence-electron chi connectivity index (χ1n) is 7.84. The van der Waals surface area contributed by atoms with E-state index in [-0.39, 0.29) is 6.61 Å². The summed E-state index contributed by atoms with van der Waals surface area (Å²) in [7, 11) is 1.69. The lowest BCUT2D eigenvalue weighted by atomic mass is 10.0. The topological polar surface area (TPSA) is 57.6 Å². The summed E-state index contributed by atoms with van der Waals surface area (Å²) in [6.07, 6.45) is 4.06. The van der Waals surface area contributed by atoms with E-state index in [0.717, 1.165) is 42.6 Å². The Kier molecular flexibility index (Phi) is 4.75. The fourth-order valence-electron chi connectivity index (χ4n) is 3.11. The summed E-state index contributed by atoms with van der Waals surface area (Å²) in [5, 5.41) is 13.4. The molecule has 0 amide bonds. The fraction of sp³-hybridized carbons (Fsp3) is 0.471. The average molecular weight is 301 g/mol. The average Bonchev–Trinajstić information content (AvgIpc) is 2.59. The van der Waals surface area contributed by atoms with E-state index in [2.05, 4.69) is 27.3 Å². The number of methoxy groups -OCH3 is 1. The molecular formula is C17H23N3O2. The van der Waals surface area contributed by atoms with Crippen molar-refractivity contribution in [1.29, 1.82) is 0 Å². The standard InChI is InChI=1S/C17H23N3O2/c1-22-14-2-3-16-15(12-14)17(4-7-19-16)20-9-5-13(6-10-20)18-8-11-21/h2-4,7,12-13,18,21H,5-6,8-11H2,1H3. The molecule has 0 unspecified atom stereocenters. The van der Waals surface area contributed by atoms with Gasteiger partial charge in [0.15, 0.2) is 0 Å². The van der Waals surface area contributed by atoms with E-state index < -0.39 is 0 Å². The summed E-state index contributed by atoms with van der Waals surface area (Å²) in [5.74, 6) is 0.862. The molecule has 22 heavy (non-hydrogen) atoms. The fourth-order valence-corrected chi connectivity index (χ4v) is 3.11. The minimum atomic E-state index is 0.203. The highest BCUT2D eigenvalue weighted by Gasteiger charge is 2.20. The smallest absolute Gasteiger partial charge is 0.119 e. The van der Waals surface area contributed by atoms with Crippen LogP contribution in [0, 0.1) is 0 Å². The van der Waals surface area contributed by atoms with Gasteiger partial charge in [-0.1, -0.05) is 0 Å². The lowest BCUT2D eigenvalue weighted by Gasteiger charge is -2.34. The molecule has 118 valence electrons. The van der Waals surface area contributed by atoms with E-state index in [0.29, 0.717) is 12.6 Å². The maximum atomic E-state index is 8.90. The van der Waals surface area contributed by atoms with Gasteiger partial charge in [-0.05, 0) is 37.1 Å². The first-order chi connectivity index (χ1) is 10.8. The van der Waals surface area contributed by atoms with Crippen LogP contribution >= 0.6 is 0 Å². The predicted molar refractivity (Wildman–Crippen MR) is 88.6 cm³/mol. The molecule has 1 fully saturated rings. The summed E-state index contributed by atoms with van der Waals surface area (Å²) >= 11 is 0. The molecular weight excluding hydrogens is 278 g/mol. The zero-order valence-electron chi connectivity index (χ0n) is 13.0. The molecule has 2 aromatic rings. The molecule has 1 aromatic heterocycles. The summed E-state index contributed by atoms with van der Waals surface area (Å²) in [4.78, 5) is 6.86. The predicted octanol–water partition coefficient (Wildman–Crippen LogP) is 1.79. The first kappa shape index (κ1) is 15.1. The number of pyridine rings is 1. The number of hydrogen-bond donors (Lipinski definition) is 2. The van der Waals surface area contributed by atoms with E-state index in [1.54, 1.807) is 7.11 Å². The third kappa shape index (κ3) is 3.15. The van der Waals surface area contributed by atoms with Crippen LogP contribution in [0.15, 0.2) is 30.5 Å². The molecule has 2 N–H and O–H groups in total. The molecule has 0 atom stereocenters. The van der Waals surface area contributed by atoms with Crippen molar-refractivity contribution in [1.82, 2.24) is 10.3 Å². The minimum absolute atomic E-state index is 0.203. The van der Waals surface area contributed by atoms with E-state index >= 15 is 0 Å². The van der Waals surface area contributed by atoms with Gasteiger partial charge in [0, 0.05) is 42.9 Å². The molecule has 1 aliphatic heterocycles. The van der Waals surface area contributed by atoms with Crippen molar-refractivity contribution in [2.75, 3.05) is 38.3 Å². The lowest BCUT2D eigenvalue weighted by Crippen LogP contribution is -2.43. The number of aliphatic hydroxyl groups excluding tert-OH is 1. The van der Waals surface area contributed by atoms with Crippen LogP contribution in [0.3, 0.4) is 0 Å². The van der Waals surface area contributed by atoms with E-state index in [1.807, 2.05) is 18.3 Å². The summed E-state index contributed by atoms with van der Waals surface area (Å²) in [6, 6.07) is 8.61. The van der Waals surface area contributed by atoms with Crippen molar-refractivity contribution in [3.8, 4) is 5.75 Å². The number of fused-ring (bicyclic) bond motifs is 1. The lowest BCUT2D eigenvalue weighted by molar-refractivity contribution is 0.277. The van der Waals surface area contributed by atoms with Crippen LogP contribution < -0.4 is 15.0 Å². The molecule has 5 heteroatoms. The Morgan fingerprint density at radius 3 is 2.86 bits per heavy atom. The molecule has 1 saturated heterocycles. The highest BCUT2D eigenvalue weighted by molar-refractivity contribution is 5.92. The largest absolute Gasteiger partial charge is 0.497 e. The quantitative estimate of drug-likeness (QED) is 0.882.